The average Bonchev–Trinajstić information content (AvgIpc) is 3.45. The fraction of sp³-hybridized carbons (Fsp3) is 0.318. The topological polar surface area (TPSA) is 133 Å². The maximum Gasteiger partial charge on any atom is 0.291 e. The first-order valence-electron chi connectivity index (χ1n) is 10.5. The number of ether oxygens (including phenoxy) is 1. The Morgan fingerprint density at radius 1 is 1.15 bits per heavy atom. The molecule has 1 aromatic carbocycles. The molecule has 3 aromatic rings. The minimum absolute atomic E-state index is 0.0344. The minimum atomic E-state index is -0.516. The first-order chi connectivity index (χ1) is 15.9. The van der Waals surface area contributed by atoms with E-state index in [0.29, 0.717) is 36.0 Å². The number of benzene rings is 1. The molecule has 0 unspecified atom stereocenters. The number of furan rings is 1. The molecule has 1 aliphatic heterocycles. The van der Waals surface area contributed by atoms with Crippen LogP contribution in [-0.4, -0.2) is 44.5 Å². The van der Waals surface area contributed by atoms with Gasteiger partial charge in [-0.25, -0.2) is 0 Å². The van der Waals surface area contributed by atoms with Gasteiger partial charge in [0.2, 0.25) is 0 Å². The summed E-state index contributed by atoms with van der Waals surface area (Å²) in [7, 11) is 1.66. The number of hydrogen-bond acceptors (Lipinski definition) is 7. The Balaban J connectivity index is 1.39. The van der Waals surface area contributed by atoms with E-state index < -0.39 is 10.8 Å². The first kappa shape index (κ1) is 22.1. The van der Waals surface area contributed by atoms with Crippen molar-refractivity contribution in [1.82, 2.24) is 14.7 Å². The lowest BCUT2D eigenvalue weighted by molar-refractivity contribution is -0.384. The number of nitrogens with zero attached hydrogens (tertiary/aromatic N) is 4. The number of carbonyl (C=O) groups is 2. The van der Waals surface area contributed by atoms with Crippen LogP contribution in [0.2, 0.25) is 0 Å². The van der Waals surface area contributed by atoms with Crippen molar-refractivity contribution in [2.24, 2.45) is 7.05 Å². The standard InChI is InChI=1S/C22H23N5O6/c1-25-20(22(29)26-11-3-2-4-12-26)18(13-23-25)24-21(28)19-10-9-17(33-19)14-32-16-7-5-15(6-8-16)27(30)31/h5-10,13H,2-4,11-12,14H2,1H3,(H,24,28). The summed E-state index contributed by atoms with van der Waals surface area (Å²) in [6.07, 6.45) is 4.47. The van der Waals surface area contributed by atoms with E-state index in [1.54, 1.807) is 18.0 Å². The molecule has 0 spiro atoms. The van der Waals surface area contributed by atoms with Crippen LogP contribution < -0.4 is 10.1 Å². The molecule has 0 radical (unpaired) electrons. The normalized spacial score (nSPS) is 13.5. The van der Waals surface area contributed by atoms with E-state index in [9.17, 15) is 19.7 Å². The van der Waals surface area contributed by atoms with Crippen molar-refractivity contribution in [3.05, 3.63) is 69.9 Å². The molecule has 0 saturated carbocycles. The number of hydrogen-bond donors (Lipinski definition) is 1. The number of likely N-dealkylation sites (tertiary alicyclic amines) is 1. The lowest BCUT2D eigenvalue weighted by atomic mass is 10.1. The molecule has 1 saturated heterocycles. The van der Waals surface area contributed by atoms with E-state index in [1.807, 2.05) is 0 Å². The quantitative estimate of drug-likeness (QED) is 0.428. The van der Waals surface area contributed by atoms with Crippen molar-refractivity contribution in [3.63, 3.8) is 0 Å². The predicted octanol–water partition coefficient (Wildman–Crippen LogP) is 3.38. The maximum absolute atomic E-state index is 12.9. The van der Waals surface area contributed by atoms with Gasteiger partial charge in [0.25, 0.3) is 17.5 Å². The molecule has 1 N–H and O–H groups in total. The summed E-state index contributed by atoms with van der Waals surface area (Å²) in [4.78, 5) is 37.6. The molecule has 3 heterocycles. The van der Waals surface area contributed by atoms with E-state index >= 15 is 0 Å². The fourth-order valence-corrected chi connectivity index (χ4v) is 3.61. The summed E-state index contributed by atoms with van der Waals surface area (Å²) in [5, 5.41) is 17.5. The molecule has 1 fully saturated rings. The number of nitro groups is 1. The largest absolute Gasteiger partial charge is 0.486 e. The highest BCUT2D eigenvalue weighted by atomic mass is 16.6. The number of rotatable bonds is 7. The van der Waals surface area contributed by atoms with E-state index in [0.717, 1.165) is 19.3 Å². The van der Waals surface area contributed by atoms with Crippen LogP contribution in [0.1, 0.15) is 46.1 Å². The highest BCUT2D eigenvalue weighted by Gasteiger charge is 2.25. The van der Waals surface area contributed by atoms with Crippen LogP contribution >= 0.6 is 0 Å². The molecular weight excluding hydrogens is 430 g/mol. The van der Waals surface area contributed by atoms with Gasteiger partial charge in [-0.2, -0.15) is 5.10 Å². The number of amides is 2. The molecule has 1 aliphatic rings. The lowest BCUT2D eigenvalue weighted by Crippen LogP contribution is -2.37. The molecule has 0 atom stereocenters. The highest BCUT2D eigenvalue weighted by molar-refractivity contribution is 6.07. The summed E-state index contributed by atoms with van der Waals surface area (Å²) in [6, 6.07) is 8.76. The SMILES string of the molecule is Cn1ncc(NC(=O)c2ccc(COc3ccc([N+](=O)[O-])cc3)o2)c1C(=O)N1CCCCC1. The van der Waals surface area contributed by atoms with Crippen LogP contribution in [-0.2, 0) is 13.7 Å². The molecule has 172 valence electrons. The van der Waals surface area contributed by atoms with E-state index in [4.69, 9.17) is 9.15 Å². The van der Waals surface area contributed by atoms with Gasteiger partial charge in [0.15, 0.2) is 5.76 Å². The zero-order chi connectivity index (χ0) is 23.4. The Morgan fingerprint density at radius 2 is 1.88 bits per heavy atom. The monoisotopic (exact) mass is 453 g/mol. The number of nitrogens with one attached hydrogen (secondary N) is 1. The van der Waals surface area contributed by atoms with Crippen LogP contribution in [0.25, 0.3) is 0 Å². The van der Waals surface area contributed by atoms with Gasteiger partial charge in [-0.15, -0.1) is 0 Å². The van der Waals surface area contributed by atoms with Gasteiger partial charge >= 0.3 is 0 Å². The zero-order valence-electron chi connectivity index (χ0n) is 18.0. The Morgan fingerprint density at radius 3 is 2.58 bits per heavy atom. The van der Waals surface area contributed by atoms with Crippen molar-refractivity contribution in [1.29, 1.82) is 0 Å². The second-order valence-corrected chi connectivity index (χ2v) is 7.64. The Labute approximate surface area is 189 Å². The summed E-state index contributed by atoms with van der Waals surface area (Å²) < 4.78 is 12.6. The number of piperidine rings is 1. The molecule has 0 bridgehead atoms. The Hall–Kier alpha value is -4.15. The van der Waals surface area contributed by atoms with Crippen molar-refractivity contribution >= 4 is 23.2 Å². The van der Waals surface area contributed by atoms with E-state index in [-0.39, 0.29) is 24.0 Å². The van der Waals surface area contributed by atoms with Crippen molar-refractivity contribution in [2.75, 3.05) is 18.4 Å². The summed E-state index contributed by atoms with van der Waals surface area (Å²) in [6.45, 7) is 1.41. The smallest absolute Gasteiger partial charge is 0.291 e. The lowest BCUT2D eigenvalue weighted by Gasteiger charge is -2.27. The number of nitro benzene ring substituents is 1. The van der Waals surface area contributed by atoms with E-state index in [1.165, 1.54) is 41.2 Å². The molecule has 2 aromatic heterocycles. The fourth-order valence-electron chi connectivity index (χ4n) is 3.61. The third-order valence-corrected chi connectivity index (χ3v) is 5.35. The molecule has 11 heteroatoms. The Bertz CT molecular complexity index is 1160. The van der Waals surface area contributed by atoms with Crippen LogP contribution in [0, 0.1) is 10.1 Å². The second-order valence-electron chi connectivity index (χ2n) is 7.64. The van der Waals surface area contributed by atoms with Gasteiger partial charge < -0.3 is 19.4 Å². The highest BCUT2D eigenvalue weighted by Crippen LogP contribution is 2.22. The third kappa shape index (κ3) is 5.03. The molecule has 33 heavy (non-hydrogen) atoms. The van der Waals surface area contributed by atoms with Crippen molar-refractivity contribution in [2.45, 2.75) is 25.9 Å². The molecular formula is C22H23N5O6. The number of anilines is 1. The van der Waals surface area contributed by atoms with Gasteiger partial charge in [0, 0.05) is 32.3 Å². The van der Waals surface area contributed by atoms with Gasteiger partial charge in [-0.3, -0.25) is 24.4 Å². The molecule has 11 nitrogen and oxygen atoms in total. The molecule has 2 amide bonds. The number of aromatic nitrogens is 2. The van der Waals surface area contributed by atoms with Gasteiger partial charge in [-0.1, -0.05) is 0 Å². The average molecular weight is 453 g/mol. The number of carbonyl (C=O) groups excluding carboxylic acids is 2. The van der Waals surface area contributed by atoms with Crippen LogP contribution in [0.15, 0.2) is 47.0 Å². The molecule has 4 rings (SSSR count). The second kappa shape index (κ2) is 9.55. The van der Waals surface area contributed by atoms with Gasteiger partial charge in [0.1, 0.15) is 23.8 Å². The van der Waals surface area contributed by atoms with Gasteiger partial charge in [-0.05, 0) is 43.5 Å². The number of non-ortho nitro benzene ring substituents is 1. The Kier molecular flexibility index (Phi) is 6.38. The van der Waals surface area contributed by atoms with Crippen LogP contribution in [0.4, 0.5) is 11.4 Å². The third-order valence-electron chi connectivity index (χ3n) is 5.35. The maximum atomic E-state index is 12.9. The summed E-state index contributed by atoms with van der Waals surface area (Å²) in [5.74, 6) is 0.199. The van der Waals surface area contributed by atoms with E-state index in [2.05, 4.69) is 10.4 Å². The van der Waals surface area contributed by atoms with Crippen LogP contribution in [0.3, 0.4) is 0 Å². The zero-order valence-corrected chi connectivity index (χ0v) is 18.0. The summed E-state index contributed by atoms with van der Waals surface area (Å²) >= 11 is 0. The van der Waals surface area contributed by atoms with Gasteiger partial charge in [0.05, 0.1) is 16.8 Å². The summed E-state index contributed by atoms with van der Waals surface area (Å²) in [5.41, 5.74) is 0.601. The van der Waals surface area contributed by atoms with Crippen LogP contribution in [0.5, 0.6) is 5.75 Å². The van der Waals surface area contributed by atoms with Crippen molar-refractivity contribution in [3.8, 4) is 5.75 Å². The van der Waals surface area contributed by atoms with Crippen molar-refractivity contribution < 1.29 is 23.7 Å². The number of aryl methyl sites for hydroxylation is 1. The first-order valence-corrected chi connectivity index (χ1v) is 10.5. The predicted molar refractivity (Wildman–Crippen MR) is 117 cm³/mol. The minimum Gasteiger partial charge on any atom is -0.486 e. The molecule has 0 aliphatic carbocycles.